The lowest BCUT2D eigenvalue weighted by Gasteiger charge is -2.13. The largest absolute Gasteiger partial charge is 0.208 e. The SMILES string of the molecule is c1ccc(-c2nc(-c3ccccc3)nc(-c3ccc(-c4ccc5c(c4)sc4cc(-c6cccc(-c7cccc(-c8ccc9c%10ccccc%10c%10ccccc%10c9c8)c7)c6)ccc45)c4ccccc34)n2)cc1. The van der Waals surface area contributed by atoms with Crippen molar-refractivity contribution in [1.29, 1.82) is 0 Å². The summed E-state index contributed by atoms with van der Waals surface area (Å²) in [4.78, 5) is 15.1. The molecule has 0 N–H and O–H groups in total. The van der Waals surface area contributed by atoms with Gasteiger partial charge in [0.05, 0.1) is 0 Å². The molecule has 0 saturated carbocycles. The first-order chi connectivity index (χ1) is 35.2. The van der Waals surface area contributed by atoms with Crippen molar-refractivity contribution < 1.29 is 0 Å². The first-order valence-corrected chi connectivity index (χ1v) is 24.9. The number of aromatic nitrogens is 3. The fraction of sp³-hybridized carbons (Fsp3) is 0. The monoisotopic (exact) mass is 919 g/mol. The van der Waals surface area contributed by atoms with E-state index >= 15 is 0 Å². The highest BCUT2D eigenvalue weighted by molar-refractivity contribution is 7.25. The molecule has 0 saturated heterocycles. The lowest BCUT2D eigenvalue weighted by Crippen LogP contribution is -2.00. The summed E-state index contributed by atoms with van der Waals surface area (Å²) in [6.45, 7) is 0. The first kappa shape index (κ1) is 40.9. The highest BCUT2D eigenvalue weighted by atomic mass is 32.1. The van der Waals surface area contributed by atoms with E-state index in [2.05, 4.69) is 188 Å². The molecule has 14 rings (SSSR count). The summed E-state index contributed by atoms with van der Waals surface area (Å²) in [6.07, 6.45) is 0. The fourth-order valence-electron chi connectivity index (χ4n) is 10.6. The van der Waals surface area contributed by atoms with Crippen LogP contribution in [0.5, 0.6) is 0 Å². The van der Waals surface area contributed by atoms with Crippen LogP contribution in [0.15, 0.2) is 249 Å². The Kier molecular flexibility index (Phi) is 9.71. The molecule has 0 unspecified atom stereocenters. The van der Waals surface area contributed by atoms with Gasteiger partial charge in [0, 0.05) is 36.9 Å². The van der Waals surface area contributed by atoms with Gasteiger partial charge in [0.15, 0.2) is 17.5 Å². The van der Waals surface area contributed by atoms with Crippen LogP contribution in [0.25, 0.3) is 142 Å². The minimum absolute atomic E-state index is 0.652. The second kappa shape index (κ2) is 16.8. The molecular formula is C67H41N3S. The smallest absolute Gasteiger partial charge is 0.164 e. The molecule has 12 aromatic carbocycles. The van der Waals surface area contributed by atoms with Crippen LogP contribution in [-0.2, 0) is 0 Å². The summed E-state index contributed by atoms with van der Waals surface area (Å²) in [7, 11) is 0. The topological polar surface area (TPSA) is 38.7 Å². The van der Waals surface area contributed by atoms with Crippen molar-refractivity contribution in [3.63, 3.8) is 0 Å². The van der Waals surface area contributed by atoms with E-state index in [1.807, 2.05) is 72.0 Å². The van der Waals surface area contributed by atoms with E-state index in [1.165, 1.54) is 97.0 Å². The van der Waals surface area contributed by atoms with Gasteiger partial charge in [0.1, 0.15) is 0 Å². The number of fused-ring (bicyclic) bond motifs is 10. The van der Waals surface area contributed by atoms with Crippen LogP contribution in [-0.4, -0.2) is 15.0 Å². The molecule has 0 aliphatic rings. The lowest BCUT2D eigenvalue weighted by atomic mass is 9.91. The van der Waals surface area contributed by atoms with Gasteiger partial charge in [-0.25, -0.2) is 15.0 Å². The van der Waals surface area contributed by atoms with Crippen LogP contribution in [0.1, 0.15) is 0 Å². The van der Waals surface area contributed by atoms with Gasteiger partial charge in [-0.3, -0.25) is 0 Å². The maximum Gasteiger partial charge on any atom is 0.164 e. The molecule has 4 heteroatoms. The normalized spacial score (nSPS) is 11.7. The summed E-state index contributed by atoms with van der Waals surface area (Å²) < 4.78 is 2.54. The third-order valence-corrected chi connectivity index (χ3v) is 15.2. The quantitative estimate of drug-likeness (QED) is 0.150. The molecule has 0 aliphatic carbocycles. The highest BCUT2D eigenvalue weighted by Gasteiger charge is 2.18. The molecule has 0 atom stereocenters. The minimum atomic E-state index is 0.652. The summed E-state index contributed by atoms with van der Waals surface area (Å²) >= 11 is 1.86. The Morgan fingerprint density at radius 3 is 1.08 bits per heavy atom. The Labute approximate surface area is 414 Å². The summed E-state index contributed by atoms with van der Waals surface area (Å²) in [5, 5.41) is 12.5. The molecule has 330 valence electrons. The molecule has 0 bridgehead atoms. The van der Waals surface area contributed by atoms with Crippen LogP contribution in [0.2, 0.25) is 0 Å². The summed E-state index contributed by atoms with van der Waals surface area (Å²) in [5.41, 5.74) is 12.5. The summed E-state index contributed by atoms with van der Waals surface area (Å²) in [6, 6.07) is 89.7. The van der Waals surface area contributed by atoms with E-state index in [0.717, 1.165) is 27.5 Å². The molecule has 0 aliphatic heterocycles. The number of hydrogen-bond acceptors (Lipinski definition) is 4. The van der Waals surface area contributed by atoms with E-state index in [0.29, 0.717) is 17.5 Å². The predicted octanol–water partition coefficient (Wildman–Crippen LogP) is 18.5. The van der Waals surface area contributed by atoms with Gasteiger partial charge in [-0.2, -0.15) is 0 Å². The first-order valence-electron chi connectivity index (χ1n) is 24.1. The van der Waals surface area contributed by atoms with Crippen molar-refractivity contribution >= 4 is 74.6 Å². The molecule has 0 fully saturated rings. The minimum Gasteiger partial charge on any atom is -0.208 e. The zero-order valence-corrected chi connectivity index (χ0v) is 39.2. The van der Waals surface area contributed by atoms with Crippen molar-refractivity contribution in [3.8, 4) is 78.7 Å². The standard InChI is InChI=1S/C67H41N3S/c1-3-15-42(16-4-1)65-68-66(43-17-5-2-6-18-43)70-67(69-65)61-36-35-51(52-23-7-11-27-56(52)61)50-31-34-60-59-33-30-49(40-63(59)71-64(60)41-50)47-22-14-20-45(38-47)44-19-13-21-46(37-44)48-29-32-58-55-26-9-8-24-53(55)54-25-10-12-28-57(54)62(58)39-48/h1-41H. The number of benzene rings is 12. The van der Waals surface area contributed by atoms with Crippen molar-refractivity contribution in [3.05, 3.63) is 249 Å². The van der Waals surface area contributed by atoms with E-state index in [-0.39, 0.29) is 0 Å². The van der Waals surface area contributed by atoms with Crippen LogP contribution in [0, 0.1) is 0 Å². The zero-order chi connectivity index (χ0) is 46.8. The Morgan fingerprint density at radius 2 is 0.549 bits per heavy atom. The van der Waals surface area contributed by atoms with Crippen molar-refractivity contribution in [2.45, 2.75) is 0 Å². The van der Waals surface area contributed by atoms with Crippen LogP contribution >= 0.6 is 11.3 Å². The van der Waals surface area contributed by atoms with E-state index in [1.54, 1.807) is 0 Å². The Balaban J connectivity index is 0.794. The molecule has 0 spiro atoms. The third-order valence-electron chi connectivity index (χ3n) is 14.1. The maximum absolute atomic E-state index is 5.08. The number of nitrogens with zero attached hydrogens (tertiary/aromatic N) is 3. The lowest BCUT2D eigenvalue weighted by molar-refractivity contribution is 1.08. The maximum atomic E-state index is 5.08. The number of hydrogen-bond donors (Lipinski definition) is 0. The predicted molar refractivity (Wildman–Crippen MR) is 301 cm³/mol. The van der Waals surface area contributed by atoms with Crippen molar-refractivity contribution in [2.75, 3.05) is 0 Å². The van der Waals surface area contributed by atoms with Gasteiger partial charge in [-0.05, 0) is 124 Å². The van der Waals surface area contributed by atoms with Crippen LogP contribution in [0.4, 0.5) is 0 Å². The molecule has 71 heavy (non-hydrogen) atoms. The molecule has 0 radical (unpaired) electrons. The van der Waals surface area contributed by atoms with E-state index in [4.69, 9.17) is 15.0 Å². The fourth-order valence-corrected chi connectivity index (χ4v) is 11.8. The van der Waals surface area contributed by atoms with Gasteiger partial charge in [-0.1, -0.05) is 212 Å². The Bertz CT molecular complexity index is 4310. The second-order valence-electron chi connectivity index (χ2n) is 18.3. The molecule has 14 aromatic rings. The zero-order valence-electron chi connectivity index (χ0n) is 38.4. The average Bonchev–Trinajstić information content (AvgIpc) is 3.82. The van der Waals surface area contributed by atoms with Crippen molar-refractivity contribution in [1.82, 2.24) is 15.0 Å². The van der Waals surface area contributed by atoms with Gasteiger partial charge in [-0.15, -0.1) is 11.3 Å². The Hall–Kier alpha value is -9.09. The van der Waals surface area contributed by atoms with Crippen LogP contribution in [0.3, 0.4) is 0 Å². The summed E-state index contributed by atoms with van der Waals surface area (Å²) in [5.74, 6) is 1.96. The molecule has 3 nitrogen and oxygen atoms in total. The highest BCUT2D eigenvalue weighted by Crippen LogP contribution is 2.43. The van der Waals surface area contributed by atoms with Gasteiger partial charge < -0.3 is 0 Å². The van der Waals surface area contributed by atoms with E-state index in [9.17, 15) is 0 Å². The average molecular weight is 920 g/mol. The second-order valence-corrected chi connectivity index (χ2v) is 19.4. The van der Waals surface area contributed by atoms with Crippen molar-refractivity contribution in [2.24, 2.45) is 0 Å². The molecule has 0 amide bonds. The van der Waals surface area contributed by atoms with Gasteiger partial charge >= 0.3 is 0 Å². The van der Waals surface area contributed by atoms with Gasteiger partial charge in [0.25, 0.3) is 0 Å². The number of thiophene rings is 1. The number of rotatable bonds is 7. The Morgan fingerprint density at radius 1 is 0.197 bits per heavy atom. The third kappa shape index (κ3) is 7.15. The molecular weight excluding hydrogens is 879 g/mol. The van der Waals surface area contributed by atoms with Crippen LogP contribution < -0.4 is 0 Å². The molecule has 2 aromatic heterocycles. The van der Waals surface area contributed by atoms with Gasteiger partial charge in [0.2, 0.25) is 0 Å². The molecule has 2 heterocycles. The van der Waals surface area contributed by atoms with E-state index < -0.39 is 0 Å².